The summed E-state index contributed by atoms with van der Waals surface area (Å²) in [6.07, 6.45) is 3.64. The van der Waals surface area contributed by atoms with Crippen molar-refractivity contribution >= 4 is 60.9 Å². The molecular formula is C40H30N5O2Pt-3. The summed E-state index contributed by atoms with van der Waals surface area (Å²) in [6.45, 7) is 8.69. The fourth-order valence-corrected chi connectivity index (χ4v) is 6.58. The van der Waals surface area contributed by atoms with Crippen LogP contribution in [0.25, 0.3) is 49.7 Å². The molecule has 240 valence electrons. The zero-order valence-electron chi connectivity index (χ0n) is 26.8. The summed E-state index contributed by atoms with van der Waals surface area (Å²) >= 11 is 0. The van der Waals surface area contributed by atoms with Crippen LogP contribution in [0.1, 0.15) is 26.3 Å². The van der Waals surface area contributed by atoms with Crippen LogP contribution >= 0.6 is 0 Å². The number of pyridine rings is 2. The quantitative estimate of drug-likeness (QED) is 0.165. The molecule has 0 unspecified atom stereocenters. The summed E-state index contributed by atoms with van der Waals surface area (Å²) in [4.78, 5) is 13.4. The number of para-hydroxylation sites is 1. The predicted octanol–water partition coefficient (Wildman–Crippen LogP) is 9.87. The fourth-order valence-electron chi connectivity index (χ4n) is 6.58. The first-order chi connectivity index (χ1) is 22.8. The summed E-state index contributed by atoms with van der Waals surface area (Å²) < 4.78 is 14.9. The van der Waals surface area contributed by atoms with Gasteiger partial charge in [0.05, 0.1) is 5.69 Å². The van der Waals surface area contributed by atoms with Crippen molar-refractivity contribution in [3.8, 4) is 17.3 Å². The number of fused-ring (bicyclic) bond motifs is 8. The number of ether oxygens (including phenoxy) is 1. The second kappa shape index (κ2) is 11.2. The fraction of sp³-hybridized carbons (Fsp3) is 0.125. The van der Waals surface area contributed by atoms with Crippen LogP contribution in [0.3, 0.4) is 0 Å². The van der Waals surface area contributed by atoms with Crippen LogP contribution in [0.15, 0.2) is 108 Å². The van der Waals surface area contributed by atoms with Crippen LogP contribution in [0, 0.1) is 18.8 Å². The number of benzene rings is 4. The first-order valence-electron chi connectivity index (χ1n) is 15.6. The molecule has 8 aromatic rings. The Bertz CT molecular complexity index is 2510. The third-order valence-electron chi connectivity index (χ3n) is 8.91. The van der Waals surface area contributed by atoms with E-state index in [4.69, 9.17) is 14.1 Å². The Kier molecular flexibility index (Phi) is 7.08. The van der Waals surface area contributed by atoms with E-state index in [2.05, 4.69) is 107 Å². The van der Waals surface area contributed by atoms with E-state index in [0.29, 0.717) is 17.2 Å². The van der Waals surface area contributed by atoms with Crippen LogP contribution in [0.5, 0.6) is 11.5 Å². The molecule has 48 heavy (non-hydrogen) atoms. The van der Waals surface area contributed by atoms with Gasteiger partial charge < -0.3 is 23.5 Å². The smallest absolute Gasteiger partial charge is 0.227 e. The maximum absolute atomic E-state index is 6.47. The maximum Gasteiger partial charge on any atom is 0.227 e. The predicted molar refractivity (Wildman–Crippen MR) is 188 cm³/mol. The zero-order valence-corrected chi connectivity index (χ0v) is 29.0. The molecule has 0 saturated heterocycles. The number of hydrogen-bond acceptors (Lipinski definition) is 6. The Labute approximate surface area is 292 Å². The largest absolute Gasteiger partial charge is 0.509 e. The molecule has 0 fully saturated rings. The van der Waals surface area contributed by atoms with Gasteiger partial charge in [-0.2, -0.15) is 18.8 Å². The number of anilines is 3. The van der Waals surface area contributed by atoms with E-state index < -0.39 is 0 Å². The normalized spacial score (nSPS) is 13.1. The topological polar surface area (TPSA) is 59.6 Å². The minimum absolute atomic E-state index is 0. The number of aromatic nitrogens is 3. The van der Waals surface area contributed by atoms with Gasteiger partial charge in [0.25, 0.3) is 0 Å². The van der Waals surface area contributed by atoms with Crippen LogP contribution < -0.4 is 14.5 Å². The molecule has 0 N–H and O–H groups in total. The molecule has 4 aromatic carbocycles. The Hall–Kier alpha value is -5.13. The van der Waals surface area contributed by atoms with Gasteiger partial charge in [-0.25, -0.2) is 9.97 Å². The van der Waals surface area contributed by atoms with Crippen molar-refractivity contribution in [1.82, 2.24) is 14.5 Å². The summed E-state index contributed by atoms with van der Waals surface area (Å²) in [6, 6.07) is 37.9. The van der Waals surface area contributed by atoms with Gasteiger partial charge in [0.1, 0.15) is 5.82 Å². The molecule has 1 aliphatic heterocycles. The van der Waals surface area contributed by atoms with E-state index in [1.165, 1.54) is 5.56 Å². The Morgan fingerprint density at radius 2 is 1.58 bits per heavy atom. The molecule has 1 aliphatic rings. The molecule has 9 rings (SSSR count). The maximum atomic E-state index is 6.47. The van der Waals surface area contributed by atoms with Crippen molar-refractivity contribution in [1.29, 1.82) is 0 Å². The molecule has 0 bridgehead atoms. The van der Waals surface area contributed by atoms with Crippen molar-refractivity contribution in [2.24, 2.45) is 0 Å². The number of nitrogens with zero attached hydrogens (tertiary/aromatic N) is 5. The van der Waals surface area contributed by atoms with Crippen LogP contribution in [-0.4, -0.2) is 21.6 Å². The third kappa shape index (κ3) is 4.76. The molecule has 0 amide bonds. The van der Waals surface area contributed by atoms with Crippen molar-refractivity contribution in [2.75, 3.05) is 16.8 Å². The van der Waals surface area contributed by atoms with Crippen LogP contribution in [0.2, 0.25) is 0 Å². The standard InChI is InChI=1S/C40H30N5O2.Pt/c1-40(2,3)25-18-20-41-36(21-25)45-33-13-6-5-11-29(33)30-15-14-28(23-35(30)45)46-27-10-7-9-26(22-27)44-24-43(4)34-17-16-31-32-12-8-19-42-39(32)47-38(31)37(34)44;/h5-21,24H,1-4H3;/q-3;. The second-order valence-corrected chi connectivity index (χ2v) is 13.0. The van der Waals surface area contributed by atoms with Gasteiger partial charge in [-0.3, -0.25) is 0 Å². The minimum Gasteiger partial charge on any atom is -0.509 e. The first kappa shape index (κ1) is 30.2. The van der Waals surface area contributed by atoms with Crippen LogP contribution in [-0.2, 0) is 26.5 Å². The molecule has 8 heteroatoms. The van der Waals surface area contributed by atoms with E-state index in [1.807, 2.05) is 56.3 Å². The average Bonchev–Trinajstić information content (AvgIpc) is 3.73. The van der Waals surface area contributed by atoms with E-state index in [1.54, 1.807) is 6.20 Å². The van der Waals surface area contributed by atoms with Gasteiger partial charge in [-0.05, 0) is 65.9 Å². The second-order valence-electron chi connectivity index (χ2n) is 13.0. The SMILES string of the molecule is CN1[CH-]N(c2[c-]c(Oc3[c-]c4c(cc3)c3ccccc3n4-c3cc(C(C)(C)C)ccn3)ccc2)c2c1ccc1c2oc2ncccc21.[Pt]. The molecular weight excluding hydrogens is 778 g/mol. The van der Waals surface area contributed by atoms with Gasteiger partial charge in [0.15, 0.2) is 5.58 Å². The monoisotopic (exact) mass is 807 g/mol. The molecule has 4 aromatic heterocycles. The molecule has 5 heterocycles. The third-order valence-corrected chi connectivity index (χ3v) is 8.91. The molecule has 0 atom stereocenters. The van der Waals surface area contributed by atoms with Gasteiger partial charge in [0, 0.05) is 66.9 Å². The van der Waals surface area contributed by atoms with Gasteiger partial charge in [-0.15, -0.1) is 41.4 Å². The van der Waals surface area contributed by atoms with Gasteiger partial charge in [0.2, 0.25) is 5.71 Å². The van der Waals surface area contributed by atoms with Crippen molar-refractivity contribution in [2.45, 2.75) is 26.2 Å². The first-order valence-corrected chi connectivity index (χ1v) is 15.6. The Balaban J connectivity index is 0.00000336. The van der Waals surface area contributed by atoms with Gasteiger partial charge in [-0.1, -0.05) is 44.5 Å². The molecule has 0 radical (unpaired) electrons. The van der Waals surface area contributed by atoms with E-state index in [9.17, 15) is 0 Å². The number of rotatable bonds is 4. The van der Waals surface area contributed by atoms with E-state index in [0.717, 1.165) is 61.0 Å². The molecule has 7 nitrogen and oxygen atoms in total. The number of hydrogen-bond donors (Lipinski definition) is 0. The number of furan rings is 1. The van der Waals surface area contributed by atoms with Crippen molar-refractivity contribution < 1.29 is 30.2 Å². The van der Waals surface area contributed by atoms with Crippen molar-refractivity contribution in [3.05, 3.63) is 128 Å². The van der Waals surface area contributed by atoms with Crippen molar-refractivity contribution in [3.63, 3.8) is 0 Å². The van der Waals surface area contributed by atoms with E-state index in [-0.39, 0.29) is 26.5 Å². The minimum atomic E-state index is -0.00947. The summed E-state index contributed by atoms with van der Waals surface area (Å²) in [5, 5.41) is 4.24. The van der Waals surface area contributed by atoms with E-state index >= 15 is 0 Å². The molecule has 0 spiro atoms. The summed E-state index contributed by atoms with van der Waals surface area (Å²) in [7, 11) is 2.03. The molecule has 0 aliphatic carbocycles. The zero-order chi connectivity index (χ0) is 31.9. The Morgan fingerprint density at radius 1 is 0.771 bits per heavy atom. The Morgan fingerprint density at radius 3 is 2.46 bits per heavy atom. The van der Waals surface area contributed by atoms with Crippen LogP contribution in [0.4, 0.5) is 17.1 Å². The molecule has 0 saturated carbocycles. The van der Waals surface area contributed by atoms with Gasteiger partial charge >= 0.3 is 0 Å². The summed E-state index contributed by atoms with van der Waals surface area (Å²) in [5.41, 5.74) is 7.39. The average molecular weight is 808 g/mol. The summed E-state index contributed by atoms with van der Waals surface area (Å²) in [5.74, 6) is 2.03.